The molecule has 2 amide bonds. The molecule has 1 heterocycles. The maximum atomic E-state index is 12.4. The Morgan fingerprint density at radius 3 is 2.48 bits per heavy atom. The molecule has 0 saturated carbocycles. The van der Waals surface area contributed by atoms with E-state index in [-0.39, 0.29) is 18.4 Å². The summed E-state index contributed by atoms with van der Waals surface area (Å²) in [6.07, 6.45) is 2.38. The zero-order valence-electron chi connectivity index (χ0n) is 16.9. The Labute approximate surface area is 171 Å². The van der Waals surface area contributed by atoms with Gasteiger partial charge in [0, 0.05) is 37.1 Å². The minimum atomic E-state index is -0.315. The van der Waals surface area contributed by atoms with Crippen LogP contribution in [0.3, 0.4) is 0 Å². The molecule has 1 aliphatic heterocycles. The van der Waals surface area contributed by atoms with Gasteiger partial charge in [-0.1, -0.05) is 13.0 Å². The first-order chi connectivity index (χ1) is 14.0. The molecule has 0 radical (unpaired) electrons. The van der Waals surface area contributed by atoms with Crippen molar-refractivity contribution in [2.75, 3.05) is 34.8 Å². The number of nitriles is 1. The predicted octanol–water partition coefficient (Wildman–Crippen LogP) is 3.79. The van der Waals surface area contributed by atoms with Crippen LogP contribution < -0.4 is 15.1 Å². The maximum Gasteiger partial charge on any atom is 0.244 e. The van der Waals surface area contributed by atoms with Gasteiger partial charge in [-0.25, -0.2) is 0 Å². The fraction of sp³-hybridized carbons (Fsp3) is 0.348. The summed E-state index contributed by atoms with van der Waals surface area (Å²) in [4.78, 5) is 28.4. The number of nitrogens with zero attached hydrogens (tertiary/aromatic N) is 3. The quantitative estimate of drug-likeness (QED) is 0.843. The average Bonchev–Trinajstić information content (AvgIpc) is 2.73. The van der Waals surface area contributed by atoms with Crippen molar-refractivity contribution in [1.29, 1.82) is 5.26 Å². The van der Waals surface area contributed by atoms with Crippen LogP contribution in [0.2, 0.25) is 0 Å². The molecule has 0 bridgehead atoms. The van der Waals surface area contributed by atoms with Crippen molar-refractivity contribution >= 4 is 28.9 Å². The molecule has 6 nitrogen and oxygen atoms in total. The molecule has 1 fully saturated rings. The zero-order valence-corrected chi connectivity index (χ0v) is 16.9. The first-order valence-electron chi connectivity index (χ1n) is 9.89. The lowest BCUT2D eigenvalue weighted by atomic mass is 9.99. The second-order valence-corrected chi connectivity index (χ2v) is 7.53. The number of carbonyl (C=O) groups excluding carboxylic acids is 2. The van der Waals surface area contributed by atoms with Crippen LogP contribution in [0.15, 0.2) is 48.5 Å². The van der Waals surface area contributed by atoms with Crippen molar-refractivity contribution in [1.82, 2.24) is 0 Å². The van der Waals surface area contributed by atoms with E-state index in [4.69, 9.17) is 5.26 Å². The fourth-order valence-corrected chi connectivity index (χ4v) is 3.51. The highest BCUT2D eigenvalue weighted by Crippen LogP contribution is 2.25. The van der Waals surface area contributed by atoms with Crippen LogP contribution in [0.4, 0.5) is 17.1 Å². The van der Waals surface area contributed by atoms with Gasteiger partial charge in [0.2, 0.25) is 11.8 Å². The lowest BCUT2D eigenvalue weighted by Crippen LogP contribution is -2.36. The van der Waals surface area contributed by atoms with Gasteiger partial charge in [0.05, 0.1) is 11.6 Å². The highest BCUT2D eigenvalue weighted by Gasteiger charge is 2.18. The second-order valence-electron chi connectivity index (χ2n) is 7.53. The van der Waals surface area contributed by atoms with Crippen molar-refractivity contribution in [2.24, 2.45) is 5.92 Å². The number of benzene rings is 2. The minimum absolute atomic E-state index is 0.0906. The van der Waals surface area contributed by atoms with Crippen molar-refractivity contribution < 1.29 is 9.59 Å². The SMILES string of the molecule is CC(=O)N(CC(=O)Nc1cccc(C#N)c1)c1ccc(N2CCC(C)CC2)cc1. The third-order valence-electron chi connectivity index (χ3n) is 5.27. The molecule has 3 rings (SSSR count). The maximum absolute atomic E-state index is 12.4. The van der Waals surface area contributed by atoms with E-state index in [1.807, 2.05) is 30.3 Å². The third kappa shape index (κ3) is 5.35. The Hall–Kier alpha value is -3.33. The number of hydrogen-bond donors (Lipinski definition) is 1. The van der Waals surface area contributed by atoms with E-state index in [9.17, 15) is 9.59 Å². The van der Waals surface area contributed by atoms with Gasteiger partial charge in [-0.15, -0.1) is 0 Å². The van der Waals surface area contributed by atoms with Gasteiger partial charge >= 0.3 is 0 Å². The number of hydrogen-bond acceptors (Lipinski definition) is 4. The van der Waals surface area contributed by atoms with Gasteiger partial charge in [0.1, 0.15) is 6.54 Å². The molecule has 29 heavy (non-hydrogen) atoms. The van der Waals surface area contributed by atoms with E-state index in [0.717, 1.165) is 24.7 Å². The molecule has 2 aromatic carbocycles. The Balaban J connectivity index is 1.66. The van der Waals surface area contributed by atoms with E-state index < -0.39 is 0 Å². The van der Waals surface area contributed by atoms with Gasteiger partial charge in [0.25, 0.3) is 0 Å². The molecular formula is C23H26N4O2. The molecule has 0 spiro atoms. The largest absolute Gasteiger partial charge is 0.372 e. The minimum Gasteiger partial charge on any atom is -0.372 e. The molecular weight excluding hydrogens is 364 g/mol. The van der Waals surface area contributed by atoms with Gasteiger partial charge in [-0.05, 0) is 61.2 Å². The molecule has 1 N–H and O–H groups in total. The summed E-state index contributed by atoms with van der Waals surface area (Å²) in [5.74, 6) is 0.251. The number of piperidine rings is 1. The van der Waals surface area contributed by atoms with E-state index in [1.165, 1.54) is 24.7 Å². The third-order valence-corrected chi connectivity index (χ3v) is 5.27. The Morgan fingerprint density at radius 2 is 1.86 bits per heavy atom. The smallest absolute Gasteiger partial charge is 0.244 e. The Kier molecular flexibility index (Phi) is 6.50. The van der Waals surface area contributed by atoms with E-state index >= 15 is 0 Å². The molecule has 6 heteroatoms. The Bertz CT molecular complexity index is 909. The van der Waals surface area contributed by atoms with Gasteiger partial charge < -0.3 is 15.1 Å². The summed E-state index contributed by atoms with van der Waals surface area (Å²) in [7, 11) is 0. The molecule has 2 aromatic rings. The molecule has 1 saturated heterocycles. The van der Waals surface area contributed by atoms with Crippen LogP contribution >= 0.6 is 0 Å². The number of nitrogens with one attached hydrogen (secondary N) is 1. The average molecular weight is 390 g/mol. The first kappa shape index (κ1) is 20.4. The summed E-state index contributed by atoms with van der Waals surface area (Å²) in [5, 5.41) is 11.7. The lowest BCUT2D eigenvalue weighted by molar-refractivity contribution is -0.120. The number of rotatable bonds is 5. The van der Waals surface area contributed by atoms with E-state index in [0.29, 0.717) is 16.9 Å². The van der Waals surface area contributed by atoms with Crippen LogP contribution in [0.1, 0.15) is 32.3 Å². The van der Waals surface area contributed by atoms with Crippen LogP contribution in [-0.2, 0) is 9.59 Å². The molecule has 0 atom stereocenters. The topological polar surface area (TPSA) is 76.4 Å². The fourth-order valence-electron chi connectivity index (χ4n) is 3.51. The molecule has 0 aliphatic carbocycles. The summed E-state index contributed by atoms with van der Waals surface area (Å²) >= 11 is 0. The van der Waals surface area contributed by atoms with Crippen LogP contribution in [0, 0.1) is 17.2 Å². The predicted molar refractivity (Wildman–Crippen MR) is 115 cm³/mol. The first-order valence-corrected chi connectivity index (χ1v) is 9.89. The highest BCUT2D eigenvalue weighted by atomic mass is 16.2. The van der Waals surface area contributed by atoms with E-state index in [2.05, 4.69) is 17.1 Å². The lowest BCUT2D eigenvalue weighted by Gasteiger charge is -2.32. The van der Waals surface area contributed by atoms with E-state index in [1.54, 1.807) is 24.3 Å². The van der Waals surface area contributed by atoms with Gasteiger partial charge in [0.15, 0.2) is 0 Å². The standard InChI is InChI=1S/C23H26N4O2/c1-17-10-12-26(13-11-17)21-6-8-22(9-7-21)27(18(2)28)16-23(29)25-20-5-3-4-19(14-20)15-24/h3-9,14,17H,10-13,16H2,1-2H3,(H,25,29). The van der Waals surface area contributed by atoms with Crippen molar-refractivity contribution in [2.45, 2.75) is 26.7 Å². The summed E-state index contributed by atoms with van der Waals surface area (Å²) in [6, 6.07) is 16.5. The van der Waals surface area contributed by atoms with Crippen LogP contribution in [0.25, 0.3) is 0 Å². The summed E-state index contributed by atoms with van der Waals surface area (Å²) in [6.45, 7) is 5.73. The number of amides is 2. The summed E-state index contributed by atoms with van der Waals surface area (Å²) in [5.41, 5.74) is 2.83. The molecule has 150 valence electrons. The van der Waals surface area contributed by atoms with Crippen molar-refractivity contribution in [3.63, 3.8) is 0 Å². The molecule has 0 aromatic heterocycles. The second kappa shape index (κ2) is 9.24. The summed E-state index contributed by atoms with van der Waals surface area (Å²) < 4.78 is 0. The van der Waals surface area contributed by atoms with Crippen molar-refractivity contribution in [3.05, 3.63) is 54.1 Å². The van der Waals surface area contributed by atoms with Crippen molar-refractivity contribution in [3.8, 4) is 6.07 Å². The van der Waals surface area contributed by atoms with Crippen LogP contribution in [0.5, 0.6) is 0 Å². The number of anilines is 3. The van der Waals surface area contributed by atoms with Crippen LogP contribution in [-0.4, -0.2) is 31.4 Å². The Morgan fingerprint density at radius 1 is 1.17 bits per heavy atom. The molecule has 0 unspecified atom stereocenters. The van der Waals surface area contributed by atoms with Gasteiger partial charge in [-0.3, -0.25) is 9.59 Å². The monoisotopic (exact) mass is 390 g/mol. The van der Waals surface area contributed by atoms with Gasteiger partial charge in [-0.2, -0.15) is 5.26 Å². The highest BCUT2D eigenvalue weighted by molar-refractivity contribution is 6.01. The normalized spacial score (nSPS) is 14.2. The number of carbonyl (C=O) groups is 2. The zero-order chi connectivity index (χ0) is 20.8. The molecule has 1 aliphatic rings.